The maximum atomic E-state index is 11.0. The Kier molecular flexibility index (Phi) is 4.62. The van der Waals surface area contributed by atoms with E-state index in [4.69, 9.17) is 11.6 Å². The predicted octanol–water partition coefficient (Wildman–Crippen LogP) is 4.93. The van der Waals surface area contributed by atoms with Gasteiger partial charge in [-0.15, -0.1) is 0 Å². The van der Waals surface area contributed by atoms with E-state index in [1.165, 1.54) is 6.07 Å². The van der Waals surface area contributed by atoms with Crippen molar-refractivity contribution in [1.82, 2.24) is 0 Å². The maximum Gasteiger partial charge on any atom is 0.275 e. The highest BCUT2D eigenvalue weighted by Crippen LogP contribution is 2.27. The SMILES string of the molecule is Cc1ccc(NCc2ccc(Br)cc2[N+](=O)[O-])c(Cl)c1. The molecule has 20 heavy (non-hydrogen) atoms. The Morgan fingerprint density at radius 3 is 2.70 bits per heavy atom. The molecule has 1 N–H and O–H groups in total. The molecule has 0 aliphatic heterocycles. The molecule has 0 aromatic heterocycles. The van der Waals surface area contributed by atoms with Crippen molar-refractivity contribution in [3.63, 3.8) is 0 Å². The lowest BCUT2D eigenvalue weighted by atomic mass is 10.1. The van der Waals surface area contributed by atoms with E-state index in [9.17, 15) is 10.1 Å². The number of nitro groups is 1. The highest BCUT2D eigenvalue weighted by atomic mass is 79.9. The Labute approximate surface area is 130 Å². The van der Waals surface area contributed by atoms with Gasteiger partial charge in [-0.2, -0.15) is 0 Å². The van der Waals surface area contributed by atoms with Gasteiger partial charge in [0.05, 0.1) is 15.6 Å². The number of benzene rings is 2. The van der Waals surface area contributed by atoms with Crippen LogP contribution in [-0.4, -0.2) is 4.92 Å². The van der Waals surface area contributed by atoms with Gasteiger partial charge in [0.2, 0.25) is 0 Å². The van der Waals surface area contributed by atoms with Gasteiger partial charge in [-0.1, -0.05) is 33.6 Å². The van der Waals surface area contributed by atoms with Crippen molar-refractivity contribution in [3.8, 4) is 0 Å². The Morgan fingerprint density at radius 1 is 1.30 bits per heavy atom. The molecular formula is C14H12BrClN2O2. The minimum Gasteiger partial charge on any atom is -0.379 e. The first-order valence-electron chi connectivity index (χ1n) is 5.90. The highest BCUT2D eigenvalue weighted by Gasteiger charge is 2.14. The van der Waals surface area contributed by atoms with Crippen molar-refractivity contribution < 1.29 is 4.92 Å². The molecule has 0 spiro atoms. The van der Waals surface area contributed by atoms with Crippen LogP contribution < -0.4 is 5.32 Å². The molecule has 0 fully saturated rings. The second-order valence-corrected chi connectivity index (χ2v) is 5.69. The number of nitro benzene ring substituents is 1. The van der Waals surface area contributed by atoms with Gasteiger partial charge in [0.25, 0.3) is 5.69 Å². The van der Waals surface area contributed by atoms with Crippen molar-refractivity contribution in [2.45, 2.75) is 13.5 Å². The van der Waals surface area contributed by atoms with Gasteiger partial charge in [-0.25, -0.2) is 0 Å². The second kappa shape index (κ2) is 6.24. The third kappa shape index (κ3) is 3.49. The van der Waals surface area contributed by atoms with Crippen LogP contribution in [0, 0.1) is 17.0 Å². The zero-order chi connectivity index (χ0) is 14.7. The zero-order valence-electron chi connectivity index (χ0n) is 10.7. The molecule has 0 saturated carbocycles. The van der Waals surface area contributed by atoms with E-state index in [0.29, 0.717) is 21.6 Å². The summed E-state index contributed by atoms with van der Waals surface area (Å²) in [6, 6.07) is 10.6. The Balaban J connectivity index is 2.20. The highest BCUT2D eigenvalue weighted by molar-refractivity contribution is 9.10. The Hall–Kier alpha value is -1.59. The number of nitrogens with one attached hydrogen (secondary N) is 1. The monoisotopic (exact) mass is 354 g/mol. The number of hydrogen-bond acceptors (Lipinski definition) is 3. The average molecular weight is 356 g/mol. The summed E-state index contributed by atoms with van der Waals surface area (Å²) in [5.74, 6) is 0. The van der Waals surface area contributed by atoms with E-state index in [1.807, 2.05) is 25.1 Å². The number of aryl methyl sites for hydroxylation is 1. The molecule has 0 amide bonds. The number of rotatable bonds is 4. The fraction of sp³-hybridized carbons (Fsp3) is 0.143. The maximum absolute atomic E-state index is 11.0. The van der Waals surface area contributed by atoms with Crippen molar-refractivity contribution in [3.05, 3.63) is 67.1 Å². The molecule has 0 heterocycles. The van der Waals surface area contributed by atoms with Crippen LogP contribution in [-0.2, 0) is 6.54 Å². The summed E-state index contributed by atoms with van der Waals surface area (Å²) in [7, 11) is 0. The van der Waals surface area contributed by atoms with Crippen molar-refractivity contribution in [1.29, 1.82) is 0 Å². The Morgan fingerprint density at radius 2 is 2.05 bits per heavy atom. The number of halogens is 2. The van der Waals surface area contributed by atoms with Crippen LogP contribution in [0.1, 0.15) is 11.1 Å². The molecule has 0 aliphatic rings. The molecule has 0 saturated heterocycles. The van der Waals surface area contributed by atoms with Gasteiger partial charge >= 0.3 is 0 Å². The summed E-state index contributed by atoms with van der Waals surface area (Å²) in [5.41, 5.74) is 2.51. The van der Waals surface area contributed by atoms with Crippen LogP contribution in [0.2, 0.25) is 5.02 Å². The standard InChI is InChI=1S/C14H12BrClN2O2/c1-9-2-5-13(12(16)6-9)17-8-10-3-4-11(15)7-14(10)18(19)20/h2-7,17H,8H2,1H3. The van der Waals surface area contributed by atoms with Crippen molar-refractivity contribution in [2.24, 2.45) is 0 Å². The first-order valence-corrected chi connectivity index (χ1v) is 7.07. The molecule has 0 atom stereocenters. The zero-order valence-corrected chi connectivity index (χ0v) is 13.0. The fourth-order valence-electron chi connectivity index (χ4n) is 1.81. The lowest BCUT2D eigenvalue weighted by Gasteiger charge is -2.09. The second-order valence-electron chi connectivity index (χ2n) is 4.37. The summed E-state index contributed by atoms with van der Waals surface area (Å²) in [5, 5.41) is 14.7. The summed E-state index contributed by atoms with van der Waals surface area (Å²) in [6.07, 6.45) is 0. The van der Waals surface area contributed by atoms with E-state index >= 15 is 0 Å². The van der Waals surface area contributed by atoms with Gasteiger partial charge < -0.3 is 5.32 Å². The van der Waals surface area contributed by atoms with E-state index < -0.39 is 4.92 Å². The average Bonchev–Trinajstić information content (AvgIpc) is 2.38. The molecule has 0 radical (unpaired) electrons. The van der Waals surface area contributed by atoms with Crippen LogP contribution in [0.3, 0.4) is 0 Å². The molecule has 2 aromatic rings. The normalized spacial score (nSPS) is 10.3. The van der Waals surface area contributed by atoms with Gasteiger partial charge in [0.15, 0.2) is 0 Å². The minimum atomic E-state index is -0.390. The van der Waals surface area contributed by atoms with Crippen molar-refractivity contribution >= 4 is 38.9 Å². The lowest BCUT2D eigenvalue weighted by Crippen LogP contribution is -2.03. The summed E-state index contributed by atoms with van der Waals surface area (Å²) in [4.78, 5) is 10.6. The van der Waals surface area contributed by atoms with Crippen LogP contribution in [0.15, 0.2) is 40.9 Å². The molecular weight excluding hydrogens is 344 g/mol. The van der Waals surface area contributed by atoms with E-state index in [-0.39, 0.29) is 5.69 Å². The molecule has 2 aromatic carbocycles. The molecule has 0 unspecified atom stereocenters. The first-order chi connectivity index (χ1) is 9.47. The van der Waals surface area contributed by atoms with Crippen LogP contribution in [0.25, 0.3) is 0 Å². The summed E-state index contributed by atoms with van der Waals surface area (Å²) in [6.45, 7) is 2.29. The molecule has 6 heteroatoms. The van der Waals surface area contributed by atoms with Crippen LogP contribution in [0.5, 0.6) is 0 Å². The Bertz CT molecular complexity index is 662. The van der Waals surface area contributed by atoms with E-state index in [1.54, 1.807) is 12.1 Å². The third-order valence-electron chi connectivity index (χ3n) is 2.84. The van der Waals surface area contributed by atoms with Gasteiger partial charge in [-0.05, 0) is 36.8 Å². The summed E-state index contributed by atoms with van der Waals surface area (Å²) < 4.78 is 0.682. The van der Waals surface area contributed by atoms with Crippen LogP contribution in [0.4, 0.5) is 11.4 Å². The third-order valence-corrected chi connectivity index (χ3v) is 3.64. The fourth-order valence-corrected chi connectivity index (χ4v) is 2.46. The molecule has 4 nitrogen and oxygen atoms in total. The van der Waals surface area contributed by atoms with Crippen molar-refractivity contribution in [2.75, 3.05) is 5.32 Å². The molecule has 2 rings (SSSR count). The largest absolute Gasteiger partial charge is 0.379 e. The molecule has 0 bridgehead atoms. The topological polar surface area (TPSA) is 55.2 Å². The number of hydrogen-bond donors (Lipinski definition) is 1. The predicted molar refractivity (Wildman–Crippen MR) is 84.3 cm³/mol. The van der Waals surface area contributed by atoms with E-state index in [0.717, 1.165) is 11.3 Å². The smallest absolute Gasteiger partial charge is 0.275 e. The van der Waals surface area contributed by atoms with Gasteiger partial charge in [0, 0.05) is 22.6 Å². The number of anilines is 1. The minimum absolute atomic E-state index is 0.0788. The summed E-state index contributed by atoms with van der Waals surface area (Å²) >= 11 is 9.35. The first kappa shape index (κ1) is 14.8. The quantitative estimate of drug-likeness (QED) is 0.625. The van der Waals surface area contributed by atoms with Crippen LogP contribution >= 0.6 is 27.5 Å². The molecule has 104 valence electrons. The molecule has 0 aliphatic carbocycles. The van der Waals surface area contributed by atoms with Gasteiger partial charge in [0.1, 0.15) is 0 Å². The van der Waals surface area contributed by atoms with Gasteiger partial charge in [-0.3, -0.25) is 10.1 Å². The van der Waals surface area contributed by atoms with E-state index in [2.05, 4.69) is 21.2 Å². The lowest BCUT2D eigenvalue weighted by molar-refractivity contribution is -0.385. The number of nitrogens with zero attached hydrogens (tertiary/aromatic N) is 1.